The van der Waals surface area contributed by atoms with Crippen molar-refractivity contribution in [2.75, 3.05) is 47.0 Å². The minimum absolute atomic E-state index is 0.206. The number of carbonyl (C=O) groups excluding carboxylic acids is 1. The molecular formula is C21H26N2O6S. The van der Waals surface area contributed by atoms with E-state index in [0.717, 1.165) is 0 Å². The van der Waals surface area contributed by atoms with E-state index < -0.39 is 10.0 Å². The second-order valence-electron chi connectivity index (χ2n) is 6.64. The fraction of sp³-hybridized carbons (Fsp3) is 0.381. The van der Waals surface area contributed by atoms with Crippen LogP contribution < -0.4 is 14.2 Å². The van der Waals surface area contributed by atoms with Crippen LogP contribution in [0.15, 0.2) is 47.4 Å². The van der Waals surface area contributed by atoms with Gasteiger partial charge in [-0.3, -0.25) is 4.79 Å². The van der Waals surface area contributed by atoms with Crippen molar-refractivity contribution in [1.82, 2.24) is 9.21 Å². The van der Waals surface area contributed by atoms with E-state index in [1.165, 1.54) is 30.7 Å². The number of ether oxygens (including phenoxy) is 3. The maximum absolute atomic E-state index is 13.1. The Balaban J connectivity index is 1.72. The maximum atomic E-state index is 13.1. The summed E-state index contributed by atoms with van der Waals surface area (Å²) in [4.78, 5) is 14.9. The third-order valence-corrected chi connectivity index (χ3v) is 6.85. The molecule has 9 heteroatoms. The SMILES string of the molecule is CCOc1ccc(S(=O)(=O)N2CCN(C(=O)c3c(OC)cccc3OC)CC2)cc1. The van der Waals surface area contributed by atoms with Crippen molar-refractivity contribution in [3.8, 4) is 17.2 Å². The molecule has 1 saturated heterocycles. The van der Waals surface area contributed by atoms with Crippen LogP contribution in [0.3, 0.4) is 0 Å². The van der Waals surface area contributed by atoms with Crippen molar-refractivity contribution < 1.29 is 27.4 Å². The Morgan fingerprint density at radius 3 is 2.00 bits per heavy atom. The molecule has 0 aliphatic carbocycles. The van der Waals surface area contributed by atoms with Crippen LogP contribution >= 0.6 is 0 Å². The van der Waals surface area contributed by atoms with Gasteiger partial charge in [-0.1, -0.05) is 6.07 Å². The fourth-order valence-corrected chi connectivity index (χ4v) is 4.80. The predicted octanol–water partition coefficient (Wildman–Crippen LogP) is 2.25. The molecule has 1 amide bonds. The second kappa shape index (κ2) is 9.36. The first-order valence-electron chi connectivity index (χ1n) is 9.65. The van der Waals surface area contributed by atoms with Gasteiger partial charge in [0.05, 0.1) is 25.7 Å². The number of hydrogen-bond acceptors (Lipinski definition) is 6. The van der Waals surface area contributed by atoms with Crippen molar-refractivity contribution in [3.05, 3.63) is 48.0 Å². The quantitative estimate of drug-likeness (QED) is 0.665. The number of carbonyl (C=O) groups is 1. The Morgan fingerprint density at radius 2 is 1.50 bits per heavy atom. The lowest BCUT2D eigenvalue weighted by Gasteiger charge is -2.34. The lowest BCUT2D eigenvalue weighted by molar-refractivity contribution is 0.0691. The number of benzene rings is 2. The molecule has 1 aliphatic rings. The molecule has 0 bridgehead atoms. The number of hydrogen-bond donors (Lipinski definition) is 0. The first kappa shape index (κ1) is 21.9. The van der Waals surface area contributed by atoms with Crippen LogP contribution in [0.2, 0.25) is 0 Å². The summed E-state index contributed by atoms with van der Waals surface area (Å²) in [6.07, 6.45) is 0. The van der Waals surface area contributed by atoms with E-state index in [9.17, 15) is 13.2 Å². The van der Waals surface area contributed by atoms with Gasteiger partial charge in [-0.25, -0.2) is 8.42 Å². The van der Waals surface area contributed by atoms with Gasteiger partial charge in [-0.2, -0.15) is 4.31 Å². The zero-order valence-corrected chi connectivity index (χ0v) is 18.1. The van der Waals surface area contributed by atoms with Crippen molar-refractivity contribution in [2.24, 2.45) is 0 Å². The van der Waals surface area contributed by atoms with E-state index >= 15 is 0 Å². The van der Waals surface area contributed by atoms with Gasteiger partial charge in [0.15, 0.2) is 0 Å². The highest BCUT2D eigenvalue weighted by Gasteiger charge is 2.32. The highest BCUT2D eigenvalue weighted by atomic mass is 32.2. The third kappa shape index (κ3) is 4.36. The van der Waals surface area contributed by atoms with E-state index in [-0.39, 0.29) is 37.0 Å². The Labute approximate surface area is 177 Å². The molecule has 1 aliphatic heterocycles. The van der Waals surface area contributed by atoms with Crippen molar-refractivity contribution in [2.45, 2.75) is 11.8 Å². The number of piperazine rings is 1. The summed E-state index contributed by atoms with van der Waals surface area (Å²) in [7, 11) is -0.657. The number of methoxy groups -OCH3 is 2. The van der Waals surface area contributed by atoms with Gasteiger partial charge in [0, 0.05) is 26.2 Å². The Kier molecular flexibility index (Phi) is 6.84. The molecule has 8 nitrogen and oxygen atoms in total. The summed E-state index contributed by atoms with van der Waals surface area (Å²) in [6.45, 7) is 3.34. The van der Waals surface area contributed by atoms with Crippen LogP contribution in [0.25, 0.3) is 0 Å². The summed E-state index contributed by atoms with van der Waals surface area (Å²) in [5, 5.41) is 0. The van der Waals surface area contributed by atoms with Crippen LogP contribution in [0, 0.1) is 0 Å². The van der Waals surface area contributed by atoms with Gasteiger partial charge in [0.1, 0.15) is 22.8 Å². The normalized spacial score (nSPS) is 15.0. The molecular weight excluding hydrogens is 408 g/mol. The Morgan fingerprint density at radius 1 is 0.933 bits per heavy atom. The molecule has 0 unspecified atom stereocenters. The van der Waals surface area contributed by atoms with Gasteiger partial charge >= 0.3 is 0 Å². The highest BCUT2D eigenvalue weighted by molar-refractivity contribution is 7.89. The van der Waals surface area contributed by atoms with E-state index in [1.54, 1.807) is 35.2 Å². The summed E-state index contributed by atoms with van der Waals surface area (Å²) < 4.78 is 43.3. The summed E-state index contributed by atoms with van der Waals surface area (Å²) in [5.74, 6) is 1.22. The summed E-state index contributed by atoms with van der Waals surface area (Å²) >= 11 is 0. The first-order chi connectivity index (χ1) is 14.4. The summed E-state index contributed by atoms with van der Waals surface area (Å²) in [6, 6.07) is 11.5. The lowest BCUT2D eigenvalue weighted by atomic mass is 10.1. The molecule has 30 heavy (non-hydrogen) atoms. The van der Waals surface area contributed by atoms with E-state index in [0.29, 0.717) is 29.4 Å². The zero-order chi connectivity index (χ0) is 21.7. The van der Waals surface area contributed by atoms with Crippen molar-refractivity contribution in [3.63, 3.8) is 0 Å². The van der Waals surface area contributed by atoms with Crippen LogP contribution in [0.1, 0.15) is 17.3 Å². The van der Waals surface area contributed by atoms with Gasteiger partial charge in [0.25, 0.3) is 5.91 Å². The van der Waals surface area contributed by atoms with Gasteiger partial charge in [-0.15, -0.1) is 0 Å². The molecule has 2 aromatic carbocycles. The Bertz CT molecular complexity index is 961. The van der Waals surface area contributed by atoms with Gasteiger partial charge in [0.2, 0.25) is 10.0 Å². The molecule has 0 atom stereocenters. The minimum atomic E-state index is -3.64. The van der Waals surface area contributed by atoms with E-state index in [4.69, 9.17) is 14.2 Å². The molecule has 3 rings (SSSR count). The third-order valence-electron chi connectivity index (χ3n) is 4.94. The number of sulfonamides is 1. The van der Waals surface area contributed by atoms with E-state index in [1.807, 2.05) is 6.92 Å². The van der Waals surface area contributed by atoms with Gasteiger partial charge in [-0.05, 0) is 43.3 Å². The lowest BCUT2D eigenvalue weighted by Crippen LogP contribution is -2.50. The standard InChI is InChI=1S/C21H26N2O6S/c1-4-29-16-8-10-17(11-9-16)30(25,26)23-14-12-22(13-15-23)21(24)20-18(27-2)6-5-7-19(20)28-3/h5-11H,4,12-15H2,1-3H3. The van der Waals surface area contributed by atoms with Crippen molar-refractivity contribution >= 4 is 15.9 Å². The maximum Gasteiger partial charge on any atom is 0.261 e. The molecule has 0 spiro atoms. The summed E-state index contributed by atoms with van der Waals surface area (Å²) in [5.41, 5.74) is 0.338. The topological polar surface area (TPSA) is 85.4 Å². The number of amides is 1. The highest BCUT2D eigenvalue weighted by Crippen LogP contribution is 2.30. The average Bonchev–Trinajstić information content (AvgIpc) is 2.78. The average molecular weight is 435 g/mol. The molecule has 162 valence electrons. The minimum Gasteiger partial charge on any atom is -0.496 e. The fourth-order valence-electron chi connectivity index (χ4n) is 3.38. The van der Waals surface area contributed by atoms with Crippen molar-refractivity contribution in [1.29, 1.82) is 0 Å². The van der Waals surface area contributed by atoms with E-state index in [2.05, 4.69) is 0 Å². The first-order valence-corrected chi connectivity index (χ1v) is 11.1. The largest absolute Gasteiger partial charge is 0.496 e. The molecule has 2 aromatic rings. The molecule has 0 saturated carbocycles. The van der Waals surface area contributed by atoms with Crippen LogP contribution in [0.5, 0.6) is 17.2 Å². The van der Waals surface area contributed by atoms with Crippen LogP contribution in [-0.2, 0) is 10.0 Å². The molecule has 0 radical (unpaired) electrons. The van der Waals surface area contributed by atoms with Gasteiger partial charge < -0.3 is 19.1 Å². The molecule has 1 heterocycles. The Hall–Kier alpha value is -2.78. The van der Waals surface area contributed by atoms with Crippen LogP contribution in [-0.4, -0.2) is 70.5 Å². The zero-order valence-electron chi connectivity index (χ0n) is 17.3. The second-order valence-corrected chi connectivity index (χ2v) is 8.58. The number of nitrogens with zero attached hydrogens (tertiary/aromatic N) is 2. The number of rotatable bonds is 7. The van der Waals surface area contributed by atoms with Crippen LogP contribution in [0.4, 0.5) is 0 Å². The molecule has 1 fully saturated rings. The predicted molar refractivity (Wildman–Crippen MR) is 112 cm³/mol. The monoisotopic (exact) mass is 434 g/mol. The smallest absolute Gasteiger partial charge is 0.261 e. The molecule has 0 N–H and O–H groups in total. The molecule has 0 aromatic heterocycles.